The van der Waals surface area contributed by atoms with Gasteiger partial charge in [-0.15, -0.1) is 0 Å². The van der Waals surface area contributed by atoms with Crippen LogP contribution in [0.5, 0.6) is 11.5 Å². The van der Waals surface area contributed by atoms with Crippen LogP contribution in [0.15, 0.2) is 18.1 Å². The van der Waals surface area contributed by atoms with Gasteiger partial charge in [0, 0.05) is 1.37 Å². The van der Waals surface area contributed by atoms with Crippen LogP contribution in [0.25, 0.3) is 0 Å². The zero-order valence-electron chi connectivity index (χ0n) is 11.9. The number of hydrogen-bond acceptors (Lipinski definition) is 4. The van der Waals surface area contributed by atoms with Gasteiger partial charge in [0.05, 0.1) is 5.48 Å². The van der Waals surface area contributed by atoms with Crippen molar-refractivity contribution < 1.29 is 27.0 Å². The van der Waals surface area contributed by atoms with Gasteiger partial charge in [-0.2, -0.15) is 0 Å². The minimum atomic E-state index is -2.86. The first-order valence-corrected chi connectivity index (χ1v) is 3.49. The lowest BCUT2D eigenvalue weighted by molar-refractivity contribution is -0.138. The molecule has 1 rings (SSSR count). The highest BCUT2D eigenvalue weighted by Gasteiger charge is 2.12. The molecule has 0 spiro atoms. The molecule has 0 bridgehead atoms. The van der Waals surface area contributed by atoms with Crippen LogP contribution in [0.3, 0.4) is 0 Å². The maximum Gasteiger partial charge on any atom is 0.320 e. The predicted octanol–water partition coefficient (Wildman–Crippen LogP) is 0.0522. The molecule has 5 heteroatoms. The minimum absolute atomic E-state index is 0.708. The van der Waals surface area contributed by atoms with Crippen LogP contribution >= 0.6 is 0 Å². The Morgan fingerprint density at radius 3 is 2.86 bits per heavy atom. The average molecular weight is 202 g/mol. The SMILES string of the molecule is [2H]c1c([2H])c([C@H]([2H])[C@@]([2H])(N)C(=O)O)c([2H])c(O)c1O. The fourth-order valence-corrected chi connectivity index (χ4v) is 0.693. The topological polar surface area (TPSA) is 104 Å². The molecular weight excluding hydrogens is 186 g/mol. The van der Waals surface area contributed by atoms with Crippen molar-refractivity contribution in [2.75, 3.05) is 0 Å². The Labute approximate surface area is 87.4 Å². The van der Waals surface area contributed by atoms with E-state index in [1.807, 2.05) is 0 Å². The predicted molar refractivity (Wildman–Crippen MR) is 49.1 cm³/mol. The van der Waals surface area contributed by atoms with Crippen molar-refractivity contribution in [1.29, 1.82) is 0 Å². The molecule has 0 aliphatic rings. The molecule has 2 atom stereocenters. The summed E-state index contributed by atoms with van der Waals surface area (Å²) in [7, 11) is 0. The molecule has 14 heavy (non-hydrogen) atoms. The second-order valence-corrected chi connectivity index (χ2v) is 2.39. The van der Waals surface area contributed by atoms with Gasteiger partial charge >= 0.3 is 5.97 Å². The normalized spacial score (nSPS) is 21.9. The summed E-state index contributed by atoms with van der Waals surface area (Å²) in [5.41, 5.74) is 4.41. The highest BCUT2D eigenvalue weighted by molar-refractivity contribution is 5.73. The molecule has 1 aromatic rings. The van der Waals surface area contributed by atoms with E-state index in [1.165, 1.54) is 0 Å². The summed E-state index contributed by atoms with van der Waals surface area (Å²) in [5, 5.41) is 27.4. The van der Waals surface area contributed by atoms with Crippen LogP contribution in [0.2, 0.25) is 0 Å². The Morgan fingerprint density at radius 2 is 2.29 bits per heavy atom. The van der Waals surface area contributed by atoms with Crippen molar-refractivity contribution in [3.63, 3.8) is 0 Å². The highest BCUT2D eigenvalue weighted by Crippen LogP contribution is 2.25. The lowest BCUT2D eigenvalue weighted by Crippen LogP contribution is -2.32. The van der Waals surface area contributed by atoms with E-state index in [9.17, 15) is 15.0 Å². The second kappa shape index (κ2) is 3.97. The summed E-state index contributed by atoms with van der Waals surface area (Å²) in [6, 6.07) is -5.46. The standard InChI is InChI=1S/C9H11NO4/c10-6(9(13)14)3-5-1-2-7(11)8(12)4-5/h1-2,4,6,11-12H,3,10H2,(H,13,14)/t6-/m1/s1/i1D,2D,3D,4D,6D/t3-,6+/m0. The van der Waals surface area contributed by atoms with Crippen molar-refractivity contribution in [3.8, 4) is 11.5 Å². The summed E-state index contributed by atoms with van der Waals surface area (Å²) < 4.78 is 37.2. The van der Waals surface area contributed by atoms with Crippen LogP contribution in [-0.2, 0) is 11.2 Å². The fourth-order valence-electron chi connectivity index (χ4n) is 0.693. The highest BCUT2D eigenvalue weighted by atomic mass is 16.4. The number of nitrogens with two attached hydrogens (primary N) is 1. The molecule has 0 heterocycles. The Hall–Kier alpha value is -1.75. The van der Waals surface area contributed by atoms with E-state index in [-0.39, 0.29) is 0 Å². The van der Waals surface area contributed by atoms with Gasteiger partial charge < -0.3 is 21.1 Å². The van der Waals surface area contributed by atoms with Gasteiger partial charge in [-0.1, -0.05) is 6.04 Å². The number of aliphatic carboxylic acids is 1. The van der Waals surface area contributed by atoms with Crippen LogP contribution in [0, 0.1) is 0 Å². The summed E-state index contributed by atoms with van der Waals surface area (Å²) >= 11 is 0. The van der Waals surface area contributed by atoms with Crippen molar-refractivity contribution in [2.24, 2.45) is 5.73 Å². The first-order valence-electron chi connectivity index (χ1n) is 6.07. The Balaban J connectivity index is 3.57. The molecule has 0 aliphatic carbocycles. The summed E-state index contributed by atoms with van der Waals surface area (Å²) in [6.45, 7) is 0. The first kappa shape index (κ1) is 5.21. The lowest BCUT2D eigenvalue weighted by atomic mass is 10.1. The fraction of sp³-hybridized carbons (Fsp3) is 0.222. The van der Waals surface area contributed by atoms with Gasteiger partial charge in [-0.05, 0) is 24.0 Å². The smallest absolute Gasteiger partial charge is 0.320 e. The Kier molecular flexibility index (Phi) is 1.48. The Bertz CT molecular complexity index is 519. The summed E-state index contributed by atoms with van der Waals surface area (Å²) in [5.74, 6) is -3.94. The molecule has 5 N–H and O–H groups in total. The zero-order valence-corrected chi connectivity index (χ0v) is 6.90. The molecule has 0 radical (unpaired) electrons. The van der Waals surface area contributed by atoms with Gasteiger partial charge in [0.25, 0.3) is 0 Å². The molecule has 0 fully saturated rings. The van der Waals surface area contributed by atoms with Crippen LogP contribution in [0.1, 0.15) is 12.4 Å². The second-order valence-electron chi connectivity index (χ2n) is 2.39. The minimum Gasteiger partial charge on any atom is -0.504 e. The maximum atomic E-state index is 10.8. The van der Waals surface area contributed by atoms with Crippen LogP contribution < -0.4 is 5.73 Å². The molecule has 0 unspecified atom stereocenters. The van der Waals surface area contributed by atoms with E-state index < -0.39 is 53.6 Å². The quantitative estimate of drug-likeness (QED) is 0.518. The molecule has 0 amide bonds. The third-order valence-corrected chi connectivity index (χ3v) is 1.34. The number of phenols is 2. The lowest BCUT2D eigenvalue weighted by Gasteiger charge is -2.06. The van der Waals surface area contributed by atoms with E-state index in [0.29, 0.717) is 0 Å². The largest absolute Gasteiger partial charge is 0.504 e. The molecule has 0 aromatic heterocycles. The van der Waals surface area contributed by atoms with Gasteiger partial charge in [-0.25, -0.2) is 0 Å². The van der Waals surface area contributed by atoms with E-state index in [4.69, 9.17) is 17.7 Å². The third-order valence-electron chi connectivity index (χ3n) is 1.34. The molecule has 0 aliphatic heterocycles. The van der Waals surface area contributed by atoms with Crippen LogP contribution in [-0.4, -0.2) is 27.3 Å². The van der Waals surface area contributed by atoms with Crippen molar-refractivity contribution >= 4 is 5.97 Å². The molecular formula is C9H11NO4. The number of hydrogen-bond donors (Lipinski definition) is 4. The molecule has 0 saturated carbocycles. The van der Waals surface area contributed by atoms with Gasteiger partial charge in [0.1, 0.15) is 6.02 Å². The number of carboxylic acids is 1. The van der Waals surface area contributed by atoms with Gasteiger partial charge in [-0.3, -0.25) is 4.79 Å². The van der Waals surface area contributed by atoms with E-state index in [1.54, 1.807) is 0 Å². The van der Waals surface area contributed by atoms with E-state index in [2.05, 4.69) is 0 Å². The first-order chi connectivity index (χ1) is 8.53. The van der Waals surface area contributed by atoms with Gasteiger partial charge in [0.15, 0.2) is 11.5 Å². The molecule has 5 nitrogen and oxygen atoms in total. The molecule has 0 saturated heterocycles. The third kappa shape index (κ3) is 2.37. The van der Waals surface area contributed by atoms with Crippen molar-refractivity contribution in [2.45, 2.75) is 12.4 Å². The number of carboxylic acid groups (broad SMARTS) is 1. The molecule has 76 valence electrons. The summed E-state index contributed by atoms with van der Waals surface area (Å²) in [6.07, 6.45) is -2.08. The Morgan fingerprint density at radius 1 is 1.64 bits per heavy atom. The van der Waals surface area contributed by atoms with Crippen LogP contribution in [0.4, 0.5) is 0 Å². The summed E-state index contributed by atoms with van der Waals surface area (Å²) in [4.78, 5) is 10.8. The van der Waals surface area contributed by atoms with E-state index >= 15 is 0 Å². The van der Waals surface area contributed by atoms with Gasteiger partial charge in [0.2, 0.25) is 0 Å². The number of benzene rings is 1. The average Bonchev–Trinajstić information content (AvgIpc) is 2.33. The van der Waals surface area contributed by atoms with Crippen molar-refractivity contribution in [1.82, 2.24) is 0 Å². The van der Waals surface area contributed by atoms with E-state index in [0.717, 1.165) is 0 Å². The molecule has 1 aromatic carbocycles. The number of phenolic OH excluding ortho intramolecular Hbond substituents is 2. The van der Waals surface area contributed by atoms with Crippen molar-refractivity contribution in [3.05, 3.63) is 23.7 Å². The number of aromatic hydroxyl groups is 2. The number of rotatable bonds is 3. The number of carbonyl (C=O) groups is 1. The monoisotopic (exact) mass is 202 g/mol. The zero-order chi connectivity index (χ0) is 15.1. The maximum absolute atomic E-state index is 10.8.